The lowest BCUT2D eigenvalue weighted by Gasteiger charge is -2.32. The minimum absolute atomic E-state index is 0.281. The number of aryl methyl sites for hydroxylation is 1. The van der Waals surface area contributed by atoms with Crippen molar-refractivity contribution in [2.24, 2.45) is 0 Å². The average molecular weight is 484 g/mol. The van der Waals surface area contributed by atoms with E-state index >= 15 is 0 Å². The third-order valence-electron chi connectivity index (χ3n) is 5.26. The fraction of sp³-hybridized carbons (Fsp3) is 0.444. The van der Waals surface area contributed by atoms with Crippen molar-refractivity contribution < 1.29 is 23.9 Å². The number of amides is 3. The summed E-state index contributed by atoms with van der Waals surface area (Å²) in [6.07, 6.45) is 0.858. The molecule has 0 spiro atoms. The molecule has 0 radical (unpaired) electrons. The standard InChI is InChI=1S/C27H37N3O5/c1-7-8-17-30(23(31)18-28-26(33)35-27(3,4)5)24(22-12-10-9-11-19(22)2)25(32)29-20-13-15-21(34-6)16-14-20/h9-16,24H,7-8,17-18H2,1-6H3,(H,28,33)(H,29,32). The minimum Gasteiger partial charge on any atom is -0.497 e. The molecule has 2 N–H and O–H groups in total. The Kier molecular flexibility index (Phi) is 10.1. The molecule has 1 atom stereocenters. The first-order chi connectivity index (χ1) is 16.6. The van der Waals surface area contributed by atoms with E-state index in [1.54, 1.807) is 52.1 Å². The number of anilines is 1. The van der Waals surface area contributed by atoms with Crippen LogP contribution in [0.4, 0.5) is 10.5 Å². The number of alkyl carbamates (subject to hydrolysis) is 1. The highest BCUT2D eigenvalue weighted by atomic mass is 16.6. The van der Waals surface area contributed by atoms with Gasteiger partial charge in [-0.3, -0.25) is 9.59 Å². The van der Waals surface area contributed by atoms with Crippen LogP contribution in [0.3, 0.4) is 0 Å². The van der Waals surface area contributed by atoms with E-state index in [9.17, 15) is 14.4 Å². The van der Waals surface area contributed by atoms with Crippen LogP contribution < -0.4 is 15.4 Å². The van der Waals surface area contributed by atoms with Crippen molar-refractivity contribution in [1.29, 1.82) is 0 Å². The van der Waals surface area contributed by atoms with Crippen LogP contribution in [0.2, 0.25) is 0 Å². The fourth-order valence-electron chi connectivity index (χ4n) is 3.52. The zero-order valence-corrected chi connectivity index (χ0v) is 21.5. The summed E-state index contributed by atoms with van der Waals surface area (Å²) in [5.74, 6) is -0.0416. The summed E-state index contributed by atoms with van der Waals surface area (Å²) in [4.78, 5) is 40.6. The predicted octanol–water partition coefficient (Wildman–Crippen LogP) is 4.84. The lowest BCUT2D eigenvalue weighted by molar-refractivity contribution is -0.138. The molecule has 8 heteroatoms. The first-order valence-electron chi connectivity index (χ1n) is 11.8. The predicted molar refractivity (Wildman–Crippen MR) is 136 cm³/mol. The van der Waals surface area contributed by atoms with Crippen molar-refractivity contribution in [1.82, 2.24) is 10.2 Å². The Labute approximate surface area is 208 Å². The average Bonchev–Trinajstić information content (AvgIpc) is 2.80. The van der Waals surface area contributed by atoms with Crippen LogP contribution in [-0.2, 0) is 14.3 Å². The lowest BCUT2D eigenvalue weighted by Crippen LogP contribution is -2.47. The third kappa shape index (κ3) is 8.63. The fourth-order valence-corrected chi connectivity index (χ4v) is 3.52. The van der Waals surface area contributed by atoms with Gasteiger partial charge < -0.3 is 25.0 Å². The molecule has 0 fully saturated rings. The molecule has 2 aromatic rings. The van der Waals surface area contributed by atoms with Crippen molar-refractivity contribution >= 4 is 23.6 Å². The van der Waals surface area contributed by atoms with Gasteiger partial charge in [0.1, 0.15) is 23.9 Å². The van der Waals surface area contributed by atoms with E-state index in [0.717, 1.165) is 17.5 Å². The number of rotatable bonds is 10. The van der Waals surface area contributed by atoms with Crippen LogP contribution in [0.25, 0.3) is 0 Å². The zero-order valence-electron chi connectivity index (χ0n) is 21.5. The largest absolute Gasteiger partial charge is 0.497 e. The van der Waals surface area contributed by atoms with Gasteiger partial charge in [-0.25, -0.2) is 4.79 Å². The van der Waals surface area contributed by atoms with Crippen LogP contribution in [0.5, 0.6) is 5.75 Å². The Morgan fingerprint density at radius 3 is 2.26 bits per heavy atom. The Morgan fingerprint density at radius 1 is 1.03 bits per heavy atom. The molecule has 0 aliphatic rings. The van der Waals surface area contributed by atoms with Gasteiger partial charge in [-0.15, -0.1) is 0 Å². The van der Waals surface area contributed by atoms with Crippen molar-refractivity contribution in [3.8, 4) is 5.75 Å². The third-order valence-corrected chi connectivity index (χ3v) is 5.26. The molecule has 0 saturated heterocycles. The summed E-state index contributed by atoms with van der Waals surface area (Å²) >= 11 is 0. The van der Waals surface area contributed by atoms with E-state index in [1.807, 2.05) is 38.1 Å². The molecular weight excluding hydrogens is 446 g/mol. The second-order valence-electron chi connectivity index (χ2n) is 9.27. The molecule has 1 unspecified atom stereocenters. The number of carbonyl (C=O) groups is 3. The second kappa shape index (κ2) is 12.8. The monoisotopic (exact) mass is 483 g/mol. The van der Waals surface area contributed by atoms with Gasteiger partial charge in [0.2, 0.25) is 5.91 Å². The molecule has 8 nitrogen and oxygen atoms in total. The molecule has 0 bridgehead atoms. The van der Waals surface area contributed by atoms with E-state index in [2.05, 4.69) is 10.6 Å². The highest BCUT2D eigenvalue weighted by Crippen LogP contribution is 2.27. The SMILES string of the molecule is CCCCN(C(=O)CNC(=O)OC(C)(C)C)C(C(=O)Nc1ccc(OC)cc1)c1ccccc1C. The van der Waals surface area contributed by atoms with Gasteiger partial charge in [0, 0.05) is 12.2 Å². The summed E-state index contributed by atoms with van der Waals surface area (Å²) < 4.78 is 10.4. The molecule has 2 rings (SSSR count). The molecule has 0 aliphatic carbocycles. The van der Waals surface area contributed by atoms with Gasteiger partial charge in [0.15, 0.2) is 0 Å². The number of unbranched alkanes of at least 4 members (excludes halogenated alkanes) is 1. The van der Waals surface area contributed by atoms with Gasteiger partial charge in [-0.05, 0) is 69.5 Å². The highest BCUT2D eigenvalue weighted by molar-refractivity contribution is 5.98. The Bertz CT molecular complexity index is 999. The molecule has 0 saturated carbocycles. The Balaban J connectivity index is 2.34. The lowest BCUT2D eigenvalue weighted by atomic mass is 9.98. The number of hydrogen-bond donors (Lipinski definition) is 2. The minimum atomic E-state index is -0.877. The first-order valence-corrected chi connectivity index (χ1v) is 11.8. The highest BCUT2D eigenvalue weighted by Gasteiger charge is 2.32. The van der Waals surface area contributed by atoms with Gasteiger partial charge in [0.25, 0.3) is 5.91 Å². The number of ether oxygens (including phenoxy) is 2. The van der Waals surface area contributed by atoms with Crippen molar-refractivity contribution in [3.63, 3.8) is 0 Å². The van der Waals surface area contributed by atoms with Crippen LogP contribution in [0.1, 0.15) is 57.7 Å². The van der Waals surface area contributed by atoms with Crippen molar-refractivity contribution in [2.45, 2.75) is 59.1 Å². The maximum atomic E-state index is 13.6. The van der Waals surface area contributed by atoms with E-state index in [1.165, 1.54) is 4.90 Å². The maximum Gasteiger partial charge on any atom is 0.408 e. The summed E-state index contributed by atoms with van der Waals surface area (Å²) in [7, 11) is 1.57. The van der Waals surface area contributed by atoms with E-state index in [4.69, 9.17) is 9.47 Å². The summed E-state index contributed by atoms with van der Waals surface area (Å²) in [5.41, 5.74) is 1.51. The number of methoxy groups -OCH3 is 1. The van der Waals surface area contributed by atoms with E-state index in [0.29, 0.717) is 24.4 Å². The number of carbonyl (C=O) groups excluding carboxylic acids is 3. The molecule has 0 heterocycles. The quantitative estimate of drug-likeness (QED) is 0.504. The van der Waals surface area contributed by atoms with Crippen LogP contribution in [-0.4, -0.2) is 48.6 Å². The molecule has 0 aliphatic heterocycles. The van der Waals surface area contributed by atoms with Crippen molar-refractivity contribution in [2.75, 3.05) is 25.5 Å². The molecule has 0 aromatic heterocycles. The van der Waals surface area contributed by atoms with Crippen LogP contribution >= 0.6 is 0 Å². The molecule has 35 heavy (non-hydrogen) atoms. The summed E-state index contributed by atoms with van der Waals surface area (Å²) in [6, 6.07) is 13.6. The number of benzene rings is 2. The summed E-state index contributed by atoms with van der Waals surface area (Å²) in [6.45, 7) is 9.25. The van der Waals surface area contributed by atoms with E-state index in [-0.39, 0.29) is 18.4 Å². The maximum absolute atomic E-state index is 13.6. The topological polar surface area (TPSA) is 97.0 Å². The molecule has 3 amide bonds. The first kappa shape index (κ1) is 27.7. The van der Waals surface area contributed by atoms with Gasteiger partial charge >= 0.3 is 6.09 Å². The van der Waals surface area contributed by atoms with E-state index < -0.39 is 17.7 Å². The number of nitrogens with one attached hydrogen (secondary N) is 2. The smallest absolute Gasteiger partial charge is 0.408 e. The molecular formula is C27H37N3O5. The van der Waals surface area contributed by atoms with Gasteiger partial charge in [0.05, 0.1) is 7.11 Å². The zero-order chi connectivity index (χ0) is 26.0. The van der Waals surface area contributed by atoms with Crippen LogP contribution in [0.15, 0.2) is 48.5 Å². The molecule has 2 aromatic carbocycles. The summed E-state index contributed by atoms with van der Waals surface area (Å²) in [5, 5.41) is 5.45. The second-order valence-corrected chi connectivity index (χ2v) is 9.27. The Morgan fingerprint density at radius 2 is 1.69 bits per heavy atom. The number of hydrogen-bond acceptors (Lipinski definition) is 5. The normalized spacial score (nSPS) is 11.8. The van der Waals surface area contributed by atoms with Crippen LogP contribution in [0, 0.1) is 6.92 Å². The van der Waals surface area contributed by atoms with Gasteiger partial charge in [-0.2, -0.15) is 0 Å². The number of nitrogens with zero attached hydrogens (tertiary/aromatic N) is 1. The van der Waals surface area contributed by atoms with Gasteiger partial charge in [-0.1, -0.05) is 37.6 Å². The van der Waals surface area contributed by atoms with Crippen molar-refractivity contribution in [3.05, 3.63) is 59.7 Å². The Hall–Kier alpha value is -3.55. The molecule has 190 valence electrons.